The molecule has 1 saturated carbocycles. The maximum absolute atomic E-state index is 13.7. The topological polar surface area (TPSA) is 72.2 Å². The highest BCUT2D eigenvalue weighted by Gasteiger charge is 2.41. The van der Waals surface area contributed by atoms with Crippen LogP contribution in [0.15, 0.2) is 29.2 Å². The Morgan fingerprint density at radius 1 is 1.40 bits per heavy atom. The molecule has 0 saturated heterocycles. The summed E-state index contributed by atoms with van der Waals surface area (Å²) in [6.07, 6.45) is 3.63. The van der Waals surface area contributed by atoms with Crippen LogP contribution < -0.4 is 10.5 Å². The van der Waals surface area contributed by atoms with Gasteiger partial charge in [0.1, 0.15) is 10.7 Å². The summed E-state index contributed by atoms with van der Waals surface area (Å²) in [5.41, 5.74) is 5.16. The SMILES string of the molecule is CC1CCCCC1(CN)NS(=O)(=O)c1ccccc1F. The summed E-state index contributed by atoms with van der Waals surface area (Å²) in [6, 6.07) is 5.40. The summed E-state index contributed by atoms with van der Waals surface area (Å²) in [6.45, 7) is 2.22. The van der Waals surface area contributed by atoms with Crippen LogP contribution in [0.5, 0.6) is 0 Å². The van der Waals surface area contributed by atoms with Gasteiger partial charge in [-0.1, -0.05) is 31.9 Å². The smallest absolute Gasteiger partial charge is 0.244 e. The Labute approximate surface area is 119 Å². The highest BCUT2D eigenvalue weighted by molar-refractivity contribution is 7.89. The van der Waals surface area contributed by atoms with Crippen LogP contribution in [0.4, 0.5) is 4.39 Å². The normalized spacial score (nSPS) is 27.4. The highest BCUT2D eigenvalue weighted by Crippen LogP contribution is 2.34. The second kappa shape index (κ2) is 5.79. The Balaban J connectivity index is 2.33. The van der Waals surface area contributed by atoms with Gasteiger partial charge in [0.2, 0.25) is 10.0 Å². The molecule has 1 aliphatic carbocycles. The Morgan fingerprint density at radius 3 is 2.70 bits per heavy atom. The molecule has 1 aliphatic rings. The highest BCUT2D eigenvalue weighted by atomic mass is 32.2. The zero-order valence-electron chi connectivity index (χ0n) is 11.6. The predicted octanol–water partition coefficient (Wildman–Crippen LogP) is 2.01. The van der Waals surface area contributed by atoms with Crippen LogP contribution in [-0.2, 0) is 10.0 Å². The number of halogens is 1. The van der Waals surface area contributed by atoms with Crippen molar-refractivity contribution in [2.45, 2.75) is 43.0 Å². The maximum Gasteiger partial charge on any atom is 0.244 e. The Hall–Kier alpha value is -0.980. The zero-order valence-corrected chi connectivity index (χ0v) is 12.4. The van der Waals surface area contributed by atoms with Gasteiger partial charge in [0, 0.05) is 12.1 Å². The molecule has 2 unspecified atom stereocenters. The van der Waals surface area contributed by atoms with Gasteiger partial charge >= 0.3 is 0 Å². The molecule has 20 heavy (non-hydrogen) atoms. The molecule has 0 aromatic heterocycles. The van der Waals surface area contributed by atoms with E-state index in [2.05, 4.69) is 4.72 Å². The minimum atomic E-state index is -3.90. The van der Waals surface area contributed by atoms with Crippen molar-refractivity contribution in [2.24, 2.45) is 11.7 Å². The molecule has 0 amide bonds. The number of rotatable bonds is 4. The van der Waals surface area contributed by atoms with Gasteiger partial charge in [-0.15, -0.1) is 0 Å². The number of benzene rings is 1. The van der Waals surface area contributed by atoms with Crippen LogP contribution in [0, 0.1) is 11.7 Å². The molecule has 0 bridgehead atoms. The molecule has 2 atom stereocenters. The van der Waals surface area contributed by atoms with Crippen LogP contribution in [-0.4, -0.2) is 20.5 Å². The second-order valence-corrected chi connectivity index (χ2v) is 7.19. The van der Waals surface area contributed by atoms with Crippen molar-refractivity contribution in [1.82, 2.24) is 4.72 Å². The van der Waals surface area contributed by atoms with Crippen molar-refractivity contribution in [3.05, 3.63) is 30.1 Å². The minimum absolute atomic E-state index is 0.141. The Kier molecular flexibility index (Phi) is 4.46. The number of sulfonamides is 1. The number of nitrogens with two attached hydrogens (primary N) is 1. The van der Waals surface area contributed by atoms with E-state index in [4.69, 9.17) is 5.73 Å². The van der Waals surface area contributed by atoms with Crippen molar-refractivity contribution in [2.75, 3.05) is 6.54 Å². The van der Waals surface area contributed by atoms with E-state index in [0.717, 1.165) is 25.3 Å². The van der Waals surface area contributed by atoms with Crippen molar-refractivity contribution in [3.8, 4) is 0 Å². The van der Waals surface area contributed by atoms with Crippen molar-refractivity contribution >= 4 is 10.0 Å². The van der Waals surface area contributed by atoms with Crippen molar-refractivity contribution in [1.29, 1.82) is 0 Å². The quantitative estimate of drug-likeness (QED) is 0.893. The first-order valence-electron chi connectivity index (χ1n) is 6.90. The third-order valence-corrected chi connectivity index (χ3v) is 5.87. The molecule has 1 aromatic carbocycles. The summed E-state index contributed by atoms with van der Waals surface area (Å²) in [5, 5.41) is 0. The molecule has 0 radical (unpaired) electrons. The molecule has 6 heteroatoms. The first-order valence-corrected chi connectivity index (χ1v) is 8.38. The maximum atomic E-state index is 13.7. The number of hydrogen-bond acceptors (Lipinski definition) is 3. The van der Waals surface area contributed by atoms with E-state index >= 15 is 0 Å². The third kappa shape index (κ3) is 2.87. The summed E-state index contributed by atoms with van der Waals surface area (Å²) < 4.78 is 41.2. The van der Waals surface area contributed by atoms with Gasteiger partial charge < -0.3 is 5.73 Å². The van der Waals surface area contributed by atoms with Gasteiger partial charge in [-0.2, -0.15) is 0 Å². The molecule has 2 rings (SSSR count). The lowest BCUT2D eigenvalue weighted by Crippen LogP contribution is -2.59. The van der Waals surface area contributed by atoms with Crippen LogP contribution in [0.1, 0.15) is 32.6 Å². The largest absolute Gasteiger partial charge is 0.329 e. The van der Waals surface area contributed by atoms with E-state index in [-0.39, 0.29) is 17.4 Å². The van der Waals surface area contributed by atoms with Gasteiger partial charge in [0.15, 0.2) is 0 Å². The molecule has 1 fully saturated rings. The number of nitrogens with one attached hydrogen (secondary N) is 1. The van der Waals surface area contributed by atoms with E-state index in [9.17, 15) is 12.8 Å². The van der Waals surface area contributed by atoms with Gasteiger partial charge in [-0.05, 0) is 30.9 Å². The van der Waals surface area contributed by atoms with E-state index in [1.165, 1.54) is 18.2 Å². The summed E-state index contributed by atoms with van der Waals surface area (Å²) >= 11 is 0. The fraction of sp³-hybridized carbons (Fsp3) is 0.571. The Morgan fingerprint density at radius 2 is 2.10 bits per heavy atom. The average Bonchev–Trinajstić information content (AvgIpc) is 2.41. The van der Waals surface area contributed by atoms with E-state index in [1.54, 1.807) is 0 Å². The van der Waals surface area contributed by atoms with Crippen LogP contribution in [0.2, 0.25) is 0 Å². The zero-order chi connectivity index (χ0) is 14.8. The molecule has 0 aliphatic heterocycles. The van der Waals surface area contributed by atoms with Gasteiger partial charge in [0.25, 0.3) is 0 Å². The molecule has 0 heterocycles. The molecular weight excluding hydrogens is 279 g/mol. The van der Waals surface area contributed by atoms with Gasteiger partial charge in [-0.3, -0.25) is 0 Å². The first-order chi connectivity index (χ1) is 9.41. The molecule has 3 N–H and O–H groups in total. The number of hydrogen-bond donors (Lipinski definition) is 2. The fourth-order valence-corrected chi connectivity index (χ4v) is 4.51. The van der Waals surface area contributed by atoms with E-state index < -0.39 is 21.4 Å². The lowest BCUT2D eigenvalue weighted by molar-refractivity contribution is 0.191. The average molecular weight is 300 g/mol. The lowest BCUT2D eigenvalue weighted by Gasteiger charge is -2.42. The Bertz CT molecular complexity index is 576. The molecule has 112 valence electrons. The molecule has 4 nitrogen and oxygen atoms in total. The first kappa shape index (κ1) is 15.4. The fourth-order valence-electron chi connectivity index (χ4n) is 2.90. The van der Waals surface area contributed by atoms with Crippen LogP contribution in [0.3, 0.4) is 0 Å². The molecular formula is C14H21FN2O2S. The molecule has 1 aromatic rings. The monoisotopic (exact) mass is 300 g/mol. The van der Waals surface area contributed by atoms with Crippen molar-refractivity contribution < 1.29 is 12.8 Å². The van der Waals surface area contributed by atoms with Gasteiger partial charge in [-0.25, -0.2) is 17.5 Å². The lowest BCUT2D eigenvalue weighted by atomic mass is 9.74. The second-order valence-electron chi connectivity index (χ2n) is 5.54. The summed E-state index contributed by atoms with van der Waals surface area (Å²) in [7, 11) is -3.90. The summed E-state index contributed by atoms with van der Waals surface area (Å²) in [5.74, 6) is -0.599. The third-order valence-electron chi connectivity index (χ3n) is 4.28. The van der Waals surface area contributed by atoms with Crippen LogP contribution in [0.25, 0.3) is 0 Å². The van der Waals surface area contributed by atoms with Crippen LogP contribution >= 0.6 is 0 Å². The van der Waals surface area contributed by atoms with E-state index in [0.29, 0.717) is 6.42 Å². The van der Waals surface area contributed by atoms with E-state index in [1.807, 2.05) is 6.92 Å². The molecule has 0 spiro atoms. The minimum Gasteiger partial charge on any atom is -0.329 e. The predicted molar refractivity (Wildman–Crippen MR) is 76.1 cm³/mol. The summed E-state index contributed by atoms with van der Waals surface area (Å²) in [4.78, 5) is -0.314. The van der Waals surface area contributed by atoms with Crippen molar-refractivity contribution in [3.63, 3.8) is 0 Å². The standard InChI is InChI=1S/C14H21FN2O2S/c1-11-6-4-5-9-14(11,10-16)17-20(18,19)13-8-3-2-7-12(13)15/h2-3,7-8,11,17H,4-6,9-10,16H2,1H3. The van der Waals surface area contributed by atoms with Gasteiger partial charge in [0.05, 0.1) is 0 Å².